The summed E-state index contributed by atoms with van der Waals surface area (Å²) in [4.78, 5) is 25.8. The zero-order valence-corrected chi connectivity index (χ0v) is 34.6. The van der Waals surface area contributed by atoms with E-state index in [4.69, 9.17) is 4.74 Å². The Balaban J connectivity index is 4.77. The number of hydrogen-bond acceptors (Lipinski definition) is 5. The Morgan fingerprint density at radius 1 is 0.566 bits per heavy atom. The van der Waals surface area contributed by atoms with Gasteiger partial charge in [-0.3, -0.25) is 9.59 Å². The number of hydrogen-bond donors (Lipinski definition) is 3. The molecule has 6 heteroatoms. The SMILES string of the molecule is CC/C=C\C/C=C\C/C=C\C/C=C\C/C=C\CC(CC(=O)NC(CO)C(O)CCCCCCCCCCCC)OC(=O)CCCCCCCCCCC. The number of carbonyl (C=O) groups is 2. The van der Waals surface area contributed by atoms with E-state index in [2.05, 4.69) is 74.7 Å². The topological polar surface area (TPSA) is 95.9 Å². The van der Waals surface area contributed by atoms with Crippen LogP contribution in [0.25, 0.3) is 0 Å². The van der Waals surface area contributed by atoms with Gasteiger partial charge < -0.3 is 20.3 Å². The van der Waals surface area contributed by atoms with E-state index >= 15 is 0 Å². The highest BCUT2D eigenvalue weighted by molar-refractivity contribution is 5.77. The van der Waals surface area contributed by atoms with Crippen molar-refractivity contribution in [3.63, 3.8) is 0 Å². The van der Waals surface area contributed by atoms with Crippen molar-refractivity contribution in [2.45, 2.75) is 219 Å². The van der Waals surface area contributed by atoms with E-state index < -0.39 is 18.2 Å². The Morgan fingerprint density at radius 3 is 1.43 bits per heavy atom. The molecule has 0 bridgehead atoms. The van der Waals surface area contributed by atoms with Gasteiger partial charge in [-0.25, -0.2) is 0 Å². The fraction of sp³-hybridized carbons (Fsp3) is 0.745. The molecule has 0 saturated heterocycles. The summed E-state index contributed by atoms with van der Waals surface area (Å²) in [6.45, 7) is 6.28. The monoisotopic (exact) mass is 742 g/mol. The van der Waals surface area contributed by atoms with Gasteiger partial charge in [0.25, 0.3) is 0 Å². The summed E-state index contributed by atoms with van der Waals surface area (Å²) in [6, 6.07) is -0.729. The number of rotatable bonds is 38. The van der Waals surface area contributed by atoms with Gasteiger partial charge in [0.2, 0.25) is 5.91 Å². The fourth-order valence-corrected chi connectivity index (χ4v) is 6.27. The molecule has 0 spiro atoms. The first kappa shape index (κ1) is 50.6. The second kappa shape index (κ2) is 40.7. The number of ether oxygens (including phenoxy) is 1. The van der Waals surface area contributed by atoms with Crippen LogP contribution in [0, 0.1) is 0 Å². The largest absolute Gasteiger partial charge is 0.461 e. The van der Waals surface area contributed by atoms with Crippen LogP contribution in [0.1, 0.15) is 201 Å². The van der Waals surface area contributed by atoms with Gasteiger partial charge in [-0.05, 0) is 44.9 Å². The van der Waals surface area contributed by atoms with Crippen molar-refractivity contribution in [3.05, 3.63) is 60.8 Å². The Hall–Kier alpha value is -2.44. The van der Waals surface area contributed by atoms with Gasteiger partial charge in [-0.1, -0.05) is 197 Å². The lowest BCUT2D eigenvalue weighted by atomic mass is 10.0. The molecule has 1 amide bonds. The Kier molecular flexibility index (Phi) is 38.9. The molecule has 0 aliphatic heterocycles. The highest BCUT2D eigenvalue weighted by atomic mass is 16.5. The van der Waals surface area contributed by atoms with Gasteiger partial charge in [-0.2, -0.15) is 0 Å². The lowest BCUT2D eigenvalue weighted by Crippen LogP contribution is -2.46. The number of aliphatic hydroxyl groups is 2. The normalized spacial score (nSPS) is 14.0. The molecule has 6 nitrogen and oxygen atoms in total. The summed E-state index contributed by atoms with van der Waals surface area (Å²) < 4.78 is 5.81. The minimum atomic E-state index is -0.809. The highest BCUT2D eigenvalue weighted by Gasteiger charge is 2.23. The molecule has 306 valence electrons. The van der Waals surface area contributed by atoms with Crippen LogP contribution >= 0.6 is 0 Å². The maximum Gasteiger partial charge on any atom is 0.306 e. The van der Waals surface area contributed by atoms with E-state index in [0.29, 0.717) is 19.3 Å². The zero-order valence-electron chi connectivity index (χ0n) is 34.6. The minimum Gasteiger partial charge on any atom is -0.461 e. The van der Waals surface area contributed by atoms with Crippen LogP contribution in [0.4, 0.5) is 0 Å². The van der Waals surface area contributed by atoms with E-state index in [1.807, 2.05) is 12.2 Å². The Labute approximate surface area is 327 Å². The molecule has 0 rings (SSSR count). The lowest BCUT2D eigenvalue weighted by Gasteiger charge is -2.24. The molecule has 0 aromatic heterocycles. The third-order valence-electron chi connectivity index (χ3n) is 9.61. The highest BCUT2D eigenvalue weighted by Crippen LogP contribution is 2.15. The van der Waals surface area contributed by atoms with Crippen molar-refractivity contribution >= 4 is 11.9 Å². The summed E-state index contributed by atoms with van der Waals surface area (Å²) in [5.74, 6) is -0.586. The van der Waals surface area contributed by atoms with Crippen LogP contribution in [0.3, 0.4) is 0 Å². The van der Waals surface area contributed by atoms with Crippen molar-refractivity contribution in [1.82, 2.24) is 5.32 Å². The molecule has 0 aliphatic rings. The second-order valence-electron chi connectivity index (χ2n) is 14.7. The maximum atomic E-state index is 13.1. The number of allylic oxidation sites excluding steroid dienone is 9. The molecule has 3 N–H and O–H groups in total. The second-order valence-corrected chi connectivity index (χ2v) is 14.7. The number of carbonyl (C=O) groups excluding carboxylic acids is 2. The predicted octanol–water partition coefficient (Wildman–Crippen LogP) is 12.5. The number of aliphatic hydroxyl groups excluding tert-OH is 2. The third-order valence-corrected chi connectivity index (χ3v) is 9.61. The summed E-state index contributed by atoms with van der Waals surface area (Å²) in [6.07, 6.45) is 48.7. The first-order valence-electron chi connectivity index (χ1n) is 22.0. The van der Waals surface area contributed by atoms with E-state index in [9.17, 15) is 19.8 Å². The number of amides is 1. The van der Waals surface area contributed by atoms with Crippen LogP contribution in [0.5, 0.6) is 0 Å². The zero-order chi connectivity index (χ0) is 38.9. The summed E-state index contributed by atoms with van der Waals surface area (Å²) in [5.41, 5.74) is 0. The molecule has 0 heterocycles. The van der Waals surface area contributed by atoms with Crippen molar-refractivity contribution in [1.29, 1.82) is 0 Å². The molecule has 0 radical (unpaired) electrons. The molecule has 0 aliphatic carbocycles. The summed E-state index contributed by atoms with van der Waals surface area (Å²) >= 11 is 0. The van der Waals surface area contributed by atoms with Crippen molar-refractivity contribution in [2.24, 2.45) is 0 Å². The molecule has 0 saturated carbocycles. The van der Waals surface area contributed by atoms with E-state index in [1.54, 1.807) is 0 Å². The molecular formula is C47H83NO5. The van der Waals surface area contributed by atoms with Gasteiger partial charge in [-0.15, -0.1) is 0 Å². The molecular weight excluding hydrogens is 659 g/mol. The molecule has 3 unspecified atom stereocenters. The molecule has 3 atom stereocenters. The van der Waals surface area contributed by atoms with Crippen LogP contribution in [0.15, 0.2) is 60.8 Å². The minimum absolute atomic E-state index is 0.000707. The first-order valence-corrected chi connectivity index (χ1v) is 22.0. The Morgan fingerprint density at radius 2 is 0.981 bits per heavy atom. The molecule has 0 fully saturated rings. The predicted molar refractivity (Wildman–Crippen MR) is 227 cm³/mol. The summed E-state index contributed by atoms with van der Waals surface area (Å²) in [7, 11) is 0. The molecule has 0 aromatic carbocycles. The van der Waals surface area contributed by atoms with E-state index in [-0.39, 0.29) is 24.9 Å². The fourth-order valence-electron chi connectivity index (χ4n) is 6.27. The van der Waals surface area contributed by atoms with Crippen molar-refractivity contribution in [2.75, 3.05) is 6.61 Å². The van der Waals surface area contributed by atoms with Gasteiger partial charge in [0.05, 0.1) is 25.2 Å². The molecule has 53 heavy (non-hydrogen) atoms. The van der Waals surface area contributed by atoms with Gasteiger partial charge >= 0.3 is 5.97 Å². The average molecular weight is 742 g/mol. The maximum absolute atomic E-state index is 13.1. The number of nitrogens with one attached hydrogen (secondary N) is 1. The summed E-state index contributed by atoms with van der Waals surface area (Å²) in [5, 5.41) is 23.5. The van der Waals surface area contributed by atoms with Crippen molar-refractivity contribution in [3.8, 4) is 0 Å². The number of unbranched alkanes of at least 4 members (excludes halogenated alkanes) is 17. The van der Waals surface area contributed by atoms with Crippen molar-refractivity contribution < 1.29 is 24.5 Å². The van der Waals surface area contributed by atoms with E-state index in [1.165, 1.54) is 83.5 Å². The van der Waals surface area contributed by atoms with Crippen LogP contribution in [-0.2, 0) is 14.3 Å². The third kappa shape index (κ3) is 36.3. The number of esters is 1. The average Bonchev–Trinajstić information content (AvgIpc) is 3.15. The smallest absolute Gasteiger partial charge is 0.306 e. The van der Waals surface area contributed by atoms with Gasteiger partial charge in [0, 0.05) is 12.8 Å². The standard InChI is InChI=1S/C47H83NO5/c1-4-7-10-13-16-19-21-22-23-24-25-27-29-32-35-38-43(53-47(52)40-37-34-31-26-18-15-12-9-6-3)41-46(51)48-44(42-49)45(50)39-36-33-30-28-20-17-14-11-8-5-2/h7,10,16,19,22-23,25,27,32,35,43-45,49-50H,4-6,8-9,11-15,17-18,20-21,24,26,28-31,33-34,36-42H2,1-3H3,(H,48,51)/b10-7-,19-16-,23-22-,27-25-,35-32-. The van der Waals surface area contributed by atoms with Crippen LogP contribution in [0.2, 0.25) is 0 Å². The van der Waals surface area contributed by atoms with Crippen LogP contribution < -0.4 is 5.32 Å². The Bertz CT molecular complexity index is 968. The molecule has 0 aromatic rings. The van der Waals surface area contributed by atoms with Gasteiger partial charge in [0.15, 0.2) is 0 Å². The quantitative estimate of drug-likeness (QED) is 0.0333. The first-order chi connectivity index (χ1) is 26.0. The lowest BCUT2D eigenvalue weighted by molar-refractivity contribution is -0.150. The van der Waals surface area contributed by atoms with Crippen LogP contribution in [-0.4, -0.2) is 46.9 Å². The van der Waals surface area contributed by atoms with E-state index in [0.717, 1.165) is 70.6 Å². The van der Waals surface area contributed by atoms with Gasteiger partial charge in [0.1, 0.15) is 6.10 Å².